The Bertz CT molecular complexity index is 491. The molecule has 0 atom stereocenters. The smallest absolute Gasteiger partial charge is 0.325 e. The van der Waals surface area contributed by atoms with Crippen LogP contribution in [0.4, 0.5) is 0 Å². The number of esters is 1. The van der Waals surface area contributed by atoms with Crippen LogP contribution in [0, 0.1) is 0 Å². The SMILES string of the molecule is CCCCCCCCOC(=O)CNC(=O)c1ncccc1OC. The molecule has 1 N–H and O–H groups in total. The number of amides is 1. The third-order valence-corrected chi connectivity index (χ3v) is 3.36. The summed E-state index contributed by atoms with van der Waals surface area (Å²) in [4.78, 5) is 27.5. The van der Waals surface area contributed by atoms with Crippen molar-refractivity contribution < 1.29 is 19.1 Å². The second-order valence-electron chi connectivity index (χ2n) is 5.23. The second kappa shape index (κ2) is 11.5. The molecule has 0 bridgehead atoms. The van der Waals surface area contributed by atoms with Crippen molar-refractivity contribution >= 4 is 11.9 Å². The molecule has 0 aromatic carbocycles. The highest BCUT2D eigenvalue weighted by Gasteiger charge is 2.14. The van der Waals surface area contributed by atoms with Gasteiger partial charge in [0.2, 0.25) is 0 Å². The van der Waals surface area contributed by atoms with E-state index >= 15 is 0 Å². The molecule has 1 rings (SSSR count). The van der Waals surface area contributed by atoms with Crippen molar-refractivity contribution in [2.45, 2.75) is 45.4 Å². The number of unbranched alkanes of at least 4 members (excludes halogenated alkanes) is 5. The van der Waals surface area contributed by atoms with Crippen LogP contribution in [0.25, 0.3) is 0 Å². The molecular weight excluding hydrogens is 296 g/mol. The van der Waals surface area contributed by atoms with E-state index in [-0.39, 0.29) is 12.2 Å². The molecule has 0 fully saturated rings. The lowest BCUT2D eigenvalue weighted by molar-refractivity contribution is -0.142. The zero-order valence-electron chi connectivity index (χ0n) is 14.0. The molecule has 1 amide bonds. The molecule has 6 heteroatoms. The minimum atomic E-state index is -0.459. The highest BCUT2D eigenvalue weighted by atomic mass is 16.5. The van der Waals surface area contributed by atoms with Gasteiger partial charge in [0, 0.05) is 6.20 Å². The Morgan fingerprint density at radius 2 is 1.91 bits per heavy atom. The largest absolute Gasteiger partial charge is 0.494 e. The Balaban J connectivity index is 2.19. The van der Waals surface area contributed by atoms with Crippen molar-refractivity contribution in [1.82, 2.24) is 10.3 Å². The van der Waals surface area contributed by atoms with E-state index in [2.05, 4.69) is 17.2 Å². The van der Waals surface area contributed by atoms with Crippen LogP contribution >= 0.6 is 0 Å². The van der Waals surface area contributed by atoms with E-state index in [0.717, 1.165) is 12.8 Å². The van der Waals surface area contributed by atoms with E-state index in [1.165, 1.54) is 39.0 Å². The van der Waals surface area contributed by atoms with E-state index < -0.39 is 11.9 Å². The summed E-state index contributed by atoms with van der Waals surface area (Å²) >= 11 is 0. The van der Waals surface area contributed by atoms with Gasteiger partial charge in [0.25, 0.3) is 5.91 Å². The number of nitrogens with one attached hydrogen (secondary N) is 1. The van der Waals surface area contributed by atoms with Crippen molar-refractivity contribution in [2.75, 3.05) is 20.3 Å². The second-order valence-corrected chi connectivity index (χ2v) is 5.23. The van der Waals surface area contributed by atoms with Crippen LogP contribution in [0.5, 0.6) is 5.75 Å². The number of hydrogen-bond donors (Lipinski definition) is 1. The molecule has 1 aromatic heterocycles. The molecule has 6 nitrogen and oxygen atoms in total. The monoisotopic (exact) mass is 322 g/mol. The summed E-state index contributed by atoms with van der Waals surface area (Å²) in [7, 11) is 1.46. The summed E-state index contributed by atoms with van der Waals surface area (Å²) in [5.74, 6) is -0.536. The third-order valence-electron chi connectivity index (χ3n) is 3.36. The Morgan fingerprint density at radius 1 is 1.17 bits per heavy atom. The maximum atomic E-state index is 11.9. The minimum Gasteiger partial charge on any atom is -0.494 e. The highest BCUT2D eigenvalue weighted by molar-refractivity contribution is 5.96. The van der Waals surface area contributed by atoms with Crippen LogP contribution in [0.1, 0.15) is 55.9 Å². The molecule has 0 unspecified atom stereocenters. The fourth-order valence-corrected chi connectivity index (χ4v) is 2.08. The van der Waals surface area contributed by atoms with Crippen LogP contribution in [-0.4, -0.2) is 37.1 Å². The fourth-order valence-electron chi connectivity index (χ4n) is 2.08. The Labute approximate surface area is 137 Å². The van der Waals surface area contributed by atoms with Crippen molar-refractivity contribution in [1.29, 1.82) is 0 Å². The molecule has 0 saturated heterocycles. The molecular formula is C17H26N2O4. The maximum absolute atomic E-state index is 11.9. The van der Waals surface area contributed by atoms with Crippen LogP contribution in [-0.2, 0) is 9.53 Å². The molecule has 0 aliphatic rings. The van der Waals surface area contributed by atoms with E-state index in [1.54, 1.807) is 12.1 Å². The molecule has 1 aromatic rings. The summed E-state index contributed by atoms with van der Waals surface area (Å²) in [6.07, 6.45) is 8.28. The summed E-state index contributed by atoms with van der Waals surface area (Å²) in [6, 6.07) is 3.31. The number of carbonyl (C=O) groups is 2. The summed E-state index contributed by atoms with van der Waals surface area (Å²) in [6.45, 7) is 2.40. The Morgan fingerprint density at radius 3 is 2.65 bits per heavy atom. The lowest BCUT2D eigenvalue weighted by Gasteiger charge is -2.08. The average Bonchev–Trinajstić information content (AvgIpc) is 2.58. The lowest BCUT2D eigenvalue weighted by Crippen LogP contribution is -2.31. The minimum absolute atomic E-state index is 0.152. The number of nitrogens with zero attached hydrogens (tertiary/aromatic N) is 1. The van der Waals surface area contributed by atoms with E-state index in [9.17, 15) is 9.59 Å². The van der Waals surface area contributed by atoms with Crippen LogP contribution in [0.3, 0.4) is 0 Å². The molecule has 23 heavy (non-hydrogen) atoms. The molecule has 128 valence electrons. The van der Waals surface area contributed by atoms with Gasteiger partial charge in [-0.1, -0.05) is 39.0 Å². The van der Waals surface area contributed by atoms with Gasteiger partial charge in [0.05, 0.1) is 13.7 Å². The van der Waals surface area contributed by atoms with Gasteiger partial charge < -0.3 is 14.8 Å². The quantitative estimate of drug-likeness (QED) is 0.501. The molecule has 0 radical (unpaired) electrons. The van der Waals surface area contributed by atoms with E-state index in [1.807, 2.05) is 0 Å². The van der Waals surface area contributed by atoms with Gasteiger partial charge in [-0.15, -0.1) is 0 Å². The normalized spacial score (nSPS) is 10.2. The molecule has 0 spiro atoms. The number of pyridine rings is 1. The third kappa shape index (κ3) is 7.63. The summed E-state index contributed by atoms with van der Waals surface area (Å²) in [5.41, 5.74) is 0.152. The van der Waals surface area contributed by atoms with Crippen LogP contribution in [0.2, 0.25) is 0 Å². The first-order chi connectivity index (χ1) is 11.2. The standard InChI is InChI=1S/C17H26N2O4/c1-3-4-5-6-7-8-12-23-15(20)13-19-17(21)16-14(22-2)10-9-11-18-16/h9-11H,3-8,12-13H2,1-2H3,(H,19,21). The van der Waals surface area contributed by atoms with Crippen molar-refractivity contribution in [2.24, 2.45) is 0 Å². The predicted octanol–water partition coefficient (Wildman–Crippen LogP) is 2.72. The van der Waals surface area contributed by atoms with Crippen LogP contribution in [0.15, 0.2) is 18.3 Å². The number of aromatic nitrogens is 1. The van der Waals surface area contributed by atoms with Gasteiger partial charge in [-0.25, -0.2) is 4.98 Å². The molecule has 0 aliphatic heterocycles. The van der Waals surface area contributed by atoms with E-state index in [4.69, 9.17) is 9.47 Å². The van der Waals surface area contributed by atoms with Gasteiger partial charge in [0.15, 0.2) is 5.69 Å². The summed E-state index contributed by atoms with van der Waals surface area (Å²) in [5, 5.41) is 2.49. The van der Waals surface area contributed by atoms with Gasteiger partial charge in [0.1, 0.15) is 12.3 Å². The zero-order chi connectivity index (χ0) is 16.9. The van der Waals surface area contributed by atoms with Crippen molar-refractivity contribution in [3.05, 3.63) is 24.0 Å². The molecule has 0 saturated carbocycles. The predicted molar refractivity (Wildman–Crippen MR) is 87.5 cm³/mol. The van der Waals surface area contributed by atoms with Gasteiger partial charge in [-0.05, 0) is 18.6 Å². The molecule has 0 aliphatic carbocycles. The van der Waals surface area contributed by atoms with Gasteiger partial charge in [-0.3, -0.25) is 9.59 Å². The average molecular weight is 322 g/mol. The van der Waals surface area contributed by atoms with Crippen LogP contribution < -0.4 is 10.1 Å². The van der Waals surface area contributed by atoms with E-state index in [0.29, 0.717) is 12.4 Å². The van der Waals surface area contributed by atoms with Crippen molar-refractivity contribution in [3.63, 3.8) is 0 Å². The van der Waals surface area contributed by atoms with Crippen molar-refractivity contribution in [3.8, 4) is 5.75 Å². The number of hydrogen-bond acceptors (Lipinski definition) is 5. The lowest BCUT2D eigenvalue weighted by atomic mass is 10.1. The number of methoxy groups -OCH3 is 1. The Kier molecular flexibility index (Phi) is 9.43. The summed E-state index contributed by atoms with van der Waals surface area (Å²) < 4.78 is 10.1. The number of rotatable bonds is 11. The highest BCUT2D eigenvalue weighted by Crippen LogP contribution is 2.13. The first-order valence-electron chi connectivity index (χ1n) is 8.11. The first kappa shape index (κ1) is 18.9. The van der Waals surface area contributed by atoms with Gasteiger partial charge in [-0.2, -0.15) is 0 Å². The maximum Gasteiger partial charge on any atom is 0.325 e. The first-order valence-corrected chi connectivity index (χ1v) is 8.11. The fraction of sp³-hybridized carbons (Fsp3) is 0.588. The number of ether oxygens (including phenoxy) is 2. The molecule has 1 heterocycles. The topological polar surface area (TPSA) is 77.5 Å². The Hall–Kier alpha value is -2.11. The van der Waals surface area contributed by atoms with Gasteiger partial charge >= 0.3 is 5.97 Å². The number of carbonyl (C=O) groups excluding carboxylic acids is 2. The zero-order valence-corrected chi connectivity index (χ0v) is 14.0.